The number of anilines is 1. The molecule has 2 aliphatic heterocycles. The fourth-order valence-electron chi connectivity index (χ4n) is 5.77. The number of nitriles is 1. The number of nitrogens with zero attached hydrogens (tertiary/aromatic N) is 7. The number of fused-ring (bicyclic) bond motifs is 2. The van der Waals surface area contributed by atoms with E-state index in [1.54, 1.807) is 7.11 Å². The zero-order valence-electron chi connectivity index (χ0n) is 22.5. The molecule has 1 N–H and O–H groups in total. The first-order chi connectivity index (χ1) is 19.1. The number of nitrogens with one attached hydrogen (secondary N) is 1. The molecule has 2 aromatic carbocycles. The van der Waals surface area contributed by atoms with Crippen LogP contribution in [0, 0.1) is 11.3 Å². The number of aromatic nitrogens is 4. The van der Waals surface area contributed by atoms with Gasteiger partial charge >= 0.3 is 6.01 Å². The van der Waals surface area contributed by atoms with Crippen LogP contribution in [0.3, 0.4) is 0 Å². The fourth-order valence-corrected chi connectivity index (χ4v) is 5.77. The van der Waals surface area contributed by atoms with Crippen LogP contribution in [0.15, 0.2) is 42.6 Å². The second-order valence-electron chi connectivity index (χ2n) is 10.4. The Hall–Kier alpha value is -3.94. The Morgan fingerprint density at radius 1 is 1.15 bits per heavy atom. The van der Waals surface area contributed by atoms with E-state index >= 15 is 0 Å². The summed E-state index contributed by atoms with van der Waals surface area (Å²) >= 11 is 0. The maximum absolute atomic E-state index is 9.26. The van der Waals surface area contributed by atoms with Crippen molar-refractivity contribution in [3.05, 3.63) is 53.9 Å². The third-order valence-corrected chi connectivity index (χ3v) is 7.93. The molecular formula is C29H34N8O2. The van der Waals surface area contributed by atoms with Crippen LogP contribution in [-0.4, -0.2) is 83.5 Å². The van der Waals surface area contributed by atoms with Gasteiger partial charge in [0, 0.05) is 43.5 Å². The summed E-state index contributed by atoms with van der Waals surface area (Å²) in [5.41, 5.74) is 2.82. The van der Waals surface area contributed by atoms with E-state index in [4.69, 9.17) is 24.5 Å². The minimum atomic E-state index is 0.0790. The number of ether oxygens (including phenoxy) is 2. The summed E-state index contributed by atoms with van der Waals surface area (Å²) in [6.07, 6.45) is 5.26. The van der Waals surface area contributed by atoms with Gasteiger partial charge in [0.2, 0.25) is 0 Å². The summed E-state index contributed by atoms with van der Waals surface area (Å²) in [6, 6.07) is 15.5. The summed E-state index contributed by atoms with van der Waals surface area (Å²) in [5.74, 6) is 1.60. The van der Waals surface area contributed by atoms with E-state index in [1.165, 1.54) is 12.0 Å². The zero-order chi connectivity index (χ0) is 26.8. The Kier molecular flexibility index (Phi) is 7.18. The summed E-state index contributed by atoms with van der Waals surface area (Å²) in [5, 5.41) is 19.7. The van der Waals surface area contributed by atoms with E-state index in [-0.39, 0.29) is 6.04 Å². The van der Waals surface area contributed by atoms with Crippen LogP contribution in [0.1, 0.15) is 30.5 Å². The van der Waals surface area contributed by atoms with Gasteiger partial charge in [-0.15, -0.1) is 5.10 Å². The Morgan fingerprint density at radius 2 is 2.03 bits per heavy atom. The quantitative estimate of drug-likeness (QED) is 0.371. The SMILES string of the molecule is COc1ccc(Cc2cnc3c(N4CCNC(CC#N)C4)nc(OCC4CCCN4C)nn23)c2ccccc12. The van der Waals surface area contributed by atoms with Crippen LogP contribution in [-0.2, 0) is 6.42 Å². The lowest BCUT2D eigenvalue weighted by atomic mass is 10.0. The minimum absolute atomic E-state index is 0.0790. The lowest BCUT2D eigenvalue weighted by molar-refractivity contribution is 0.185. The van der Waals surface area contributed by atoms with Crippen molar-refractivity contribution >= 4 is 22.2 Å². The van der Waals surface area contributed by atoms with Gasteiger partial charge in [-0.2, -0.15) is 10.2 Å². The molecule has 39 heavy (non-hydrogen) atoms. The Balaban J connectivity index is 1.38. The van der Waals surface area contributed by atoms with E-state index in [9.17, 15) is 5.26 Å². The van der Waals surface area contributed by atoms with Crippen molar-refractivity contribution in [1.82, 2.24) is 29.8 Å². The van der Waals surface area contributed by atoms with E-state index in [2.05, 4.69) is 46.4 Å². The molecule has 0 aliphatic carbocycles. The number of methoxy groups -OCH3 is 1. The van der Waals surface area contributed by atoms with Gasteiger partial charge in [0.05, 0.1) is 31.5 Å². The topological polar surface area (TPSA) is 104 Å². The first-order valence-electron chi connectivity index (χ1n) is 13.6. The molecule has 2 fully saturated rings. The van der Waals surface area contributed by atoms with Gasteiger partial charge in [-0.25, -0.2) is 9.50 Å². The number of likely N-dealkylation sites (N-methyl/N-ethyl adjacent to an activating group) is 1. The van der Waals surface area contributed by atoms with Crippen molar-refractivity contribution in [2.45, 2.75) is 37.8 Å². The number of imidazole rings is 1. The molecule has 10 nitrogen and oxygen atoms in total. The van der Waals surface area contributed by atoms with Gasteiger partial charge in [0.15, 0.2) is 11.5 Å². The van der Waals surface area contributed by atoms with Gasteiger partial charge in [-0.3, -0.25) is 0 Å². The third kappa shape index (κ3) is 5.07. The summed E-state index contributed by atoms with van der Waals surface area (Å²) in [6.45, 7) is 3.85. The highest BCUT2D eigenvalue weighted by molar-refractivity contribution is 5.91. The summed E-state index contributed by atoms with van der Waals surface area (Å²) in [4.78, 5) is 14.2. The molecule has 4 aromatic rings. The molecule has 2 atom stereocenters. The van der Waals surface area contributed by atoms with E-state index < -0.39 is 0 Å². The maximum atomic E-state index is 9.26. The van der Waals surface area contributed by atoms with Gasteiger partial charge in [-0.1, -0.05) is 30.3 Å². The van der Waals surface area contributed by atoms with Crippen molar-refractivity contribution in [1.29, 1.82) is 5.26 Å². The average Bonchev–Trinajstić information content (AvgIpc) is 3.57. The molecule has 6 rings (SSSR count). The molecule has 2 aliphatic rings. The highest BCUT2D eigenvalue weighted by Crippen LogP contribution is 2.31. The van der Waals surface area contributed by atoms with Gasteiger partial charge < -0.3 is 24.6 Å². The maximum Gasteiger partial charge on any atom is 0.336 e. The average molecular weight is 527 g/mol. The smallest absolute Gasteiger partial charge is 0.336 e. The van der Waals surface area contributed by atoms with E-state index in [1.807, 2.05) is 28.9 Å². The molecule has 0 radical (unpaired) electrons. The molecule has 10 heteroatoms. The van der Waals surface area contributed by atoms with Crippen LogP contribution in [0.4, 0.5) is 5.82 Å². The van der Waals surface area contributed by atoms with Crippen LogP contribution in [0.2, 0.25) is 0 Å². The standard InChI is InChI=1S/C29H34N8O2/c1-35-14-5-6-22(35)19-39-29-33-28(36-15-13-31-21(18-36)11-12-30)27-32-17-23(37(27)34-29)16-20-9-10-26(38-2)25-8-4-3-7-24(20)25/h3-4,7-10,17,21-22,31H,5-6,11,13-16,18-19H2,1-2H3. The van der Waals surface area contributed by atoms with Crippen molar-refractivity contribution in [3.63, 3.8) is 0 Å². The van der Waals surface area contributed by atoms with E-state index in [0.717, 1.165) is 54.1 Å². The lowest BCUT2D eigenvalue weighted by Gasteiger charge is -2.33. The number of hydrogen-bond acceptors (Lipinski definition) is 9. The molecule has 2 saturated heterocycles. The molecule has 2 unspecified atom stereocenters. The molecule has 202 valence electrons. The lowest BCUT2D eigenvalue weighted by Crippen LogP contribution is -2.51. The molecule has 4 heterocycles. The summed E-state index contributed by atoms with van der Waals surface area (Å²) < 4.78 is 13.7. The summed E-state index contributed by atoms with van der Waals surface area (Å²) in [7, 11) is 3.84. The first-order valence-corrected chi connectivity index (χ1v) is 13.6. The monoisotopic (exact) mass is 526 g/mol. The molecule has 0 bridgehead atoms. The molecule has 0 spiro atoms. The van der Waals surface area contributed by atoms with Gasteiger partial charge in [-0.05, 0) is 43.5 Å². The van der Waals surface area contributed by atoms with Crippen molar-refractivity contribution in [3.8, 4) is 17.8 Å². The first kappa shape index (κ1) is 25.3. The second-order valence-corrected chi connectivity index (χ2v) is 10.4. The highest BCUT2D eigenvalue weighted by Gasteiger charge is 2.26. The van der Waals surface area contributed by atoms with Crippen LogP contribution in [0.25, 0.3) is 16.4 Å². The van der Waals surface area contributed by atoms with Crippen LogP contribution in [0.5, 0.6) is 11.8 Å². The molecule has 2 aromatic heterocycles. The van der Waals surface area contributed by atoms with Crippen molar-refractivity contribution < 1.29 is 9.47 Å². The zero-order valence-corrected chi connectivity index (χ0v) is 22.5. The third-order valence-electron chi connectivity index (χ3n) is 7.93. The van der Waals surface area contributed by atoms with Crippen molar-refractivity contribution in [2.24, 2.45) is 0 Å². The molecule has 0 saturated carbocycles. The molecular weight excluding hydrogens is 492 g/mol. The molecule has 0 amide bonds. The number of benzene rings is 2. The predicted octanol–water partition coefficient (Wildman–Crippen LogP) is 3.04. The number of likely N-dealkylation sites (tertiary alicyclic amines) is 1. The Morgan fingerprint density at radius 3 is 2.82 bits per heavy atom. The largest absolute Gasteiger partial charge is 0.496 e. The van der Waals surface area contributed by atoms with Crippen LogP contribution >= 0.6 is 0 Å². The Bertz CT molecular complexity index is 1510. The van der Waals surface area contributed by atoms with Gasteiger partial charge in [0.25, 0.3) is 0 Å². The highest BCUT2D eigenvalue weighted by atomic mass is 16.5. The van der Waals surface area contributed by atoms with Gasteiger partial charge in [0.1, 0.15) is 12.4 Å². The fraction of sp³-hybridized carbons (Fsp3) is 0.448. The number of piperazine rings is 1. The number of rotatable bonds is 8. The van der Waals surface area contributed by atoms with Crippen LogP contribution < -0.4 is 19.7 Å². The normalized spacial score (nSPS) is 20.0. The minimum Gasteiger partial charge on any atom is -0.496 e. The predicted molar refractivity (Wildman–Crippen MR) is 149 cm³/mol. The van der Waals surface area contributed by atoms with Crippen molar-refractivity contribution in [2.75, 3.05) is 51.8 Å². The second kappa shape index (κ2) is 11.0. The Labute approximate surface area is 228 Å². The number of hydrogen-bond donors (Lipinski definition) is 1. The van der Waals surface area contributed by atoms with E-state index in [0.29, 0.717) is 43.7 Å².